The van der Waals surface area contributed by atoms with Gasteiger partial charge < -0.3 is 19.3 Å². The summed E-state index contributed by atoms with van der Waals surface area (Å²) in [6.07, 6.45) is 5.40. The molecule has 2 amide bonds. The molecule has 1 aliphatic heterocycles. The Labute approximate surface area is 195 Å². The van der Waals surface area contributed by atoms with E-state index in [2.05, 4.69) is 10.1 Å². The highest BCUT2D eigenvalue weighted by atomic mass is 16.5. The lowest BCUT2D eigenvalue weighted by Crippen LogP contribution is -2.33. The Morgan fingerprint density at radius 2 is 1.97 bits per heavy atom. The van der Waals surface area contributed by atoms with Crippen molar-refractivity contribution < 1.29 is 19.1 Å². The highest BCUT2D eigenvalue weighted by Crippen LogP contribution is 2.29. The molecule has 1 unspecified atom stereocenters. The van der Waals surface area contributed by atoms with E-state index >= 15 is 0 Å². The lowest BCUT2D eigenvalue weighted by Gasteiger charge is -2.17. The van der Waals surface area contributed by atoms with E-state index in [1.165, 1.54) is 22.1 Å². The Morgan fingerprint density at radius 3 is 2.68 bits per heavy atom. The van der Waals surface area contributed by atoms with Crippen molar-refractivity contribution in [3.63, 3.8) is 0 Å². The SMILES string of the molecule is CN(C)C(=O)Cn1nc2ccc(N3CCC(Oc4ccc(OCC5CC5)nc4)C3=O)cn2c1=O. The van der Waals surface area contributed by atoms with Gasteiger partial charge in [-0.15, -0.1) is 5.10 Å². The highest BCUT2D eigenvalue weighted by Gasteiger charge is 2.35. The molecule has 0 radical (unpaired) electrons. The highest BCUT2D eigenvalue weighted by molar-refractivity contribution is 5.99. The number of hydrogen-bond donors (Lipinski definition) is 0. The number of rotatable bonds is 8. The second-order valence-electron chi connectivity index (χ2n) is 8.82. The van der Waals surface area contributed by atoms with Crippen LogP contribution >= 0.6 is 0 Å². The van der Waals surface area contributed by atoms with Crippen LogP contribution in [0, 0.1) is 5.92 Å². The molecule has 0 aromatic carbocycles. The van der Waals surface area contributed by atoms with Crippen molar-refractivity contribution in [1.82, 2.24) is 24.1 Å². The van der Waals surface area contributed by atoms with E-state index in [1.807, 2.05) is 0 Å². The van der Waals surface area contributed by atoms with Gasteiger partial charge in [-0.05, 0) is 37.0 Å². The number of pyridine rings is 2. The molecule has 3 aromatic heterocycles. The molecule has 0 bridgehead atoms. The smallest absolute Gasteiger partial charge is 0.350 e. The fourth-order valence-corrected chi connectivity index (χ4v) is 3.73. The number of carbonyl (C=O) groups excluding carboxylic acids is 2. The number of fused-ring (bicyclic) bond motifs is 1. The molecule has 2 aliphatic rings. The molecule has 2 fully saturated rings. The van der Waals surface area contributed by atoms with E-state index in [-0.39, 0.29) is 18.4 Å². The van der Waals surface area contributed by atoms with E-state index in [0.717, 1.165) is 4.68 Å². The molecule has 1 atom stereocenters. The van der Waals surface area contributed by atoms with Gasteiger partial charge in [-0.2, -0.15) is 0 Å². The molecule has 178 valence electrons. The summed E-state index contributed by atoms with van der Waals surface area (Å²) in [5, 5.41) is 4.20. The fourth-order valence-electron chi connectivity index (χ4n) is 3.73. The number of ether oxygens (including phenoxy) is 2. The number of hydrogen-bond acceptors (Lipinski definition) is 7. The molecule has 1 aliphatic carbocycles. The number of aromatic nitrogens is 4. The first-order valence-electron chi connectivity index (χ1n) is 11.3. The molecule has 11 nitrogen and oxygen atoms in total. The van der Waals surface area contributed by atoms with Crippen molar-refractivity contribution in [2.75, 3.05) is 32.1 Å². The maximum absolute atomic E-state index is 13.0. The predicted molar refractivity (Wildman–Crippen MR) is 122 cm³/mol. The molecule has 11 heteroatoms. The molecular formula is C23H26N6O5. The molecular weight excluding hydrogens is 440 g/mol. The molecule has 3 aromatic rings. The first kappa shape index (κ1) is 21.9. The van der Waals surface area contributed by atoms with Crippen LogP contribution in [0.1, 0.15) is 19.3 Å². The van der Waals surface area contributed by atoms with Crippen LogP contribution in [0.5, 0.6) is 11.6 Å². The van der Waals surface area contributed by atoms with Gasteiger partial charge in [0, 0.05) is 39.3 Å². The predicted octanol–water partition coefficient (Wildman–Crippen LogP) is 0.952. The van der Waals surface area contributed by atoms with E-state index in [4.69, 9.17) is 9.47 Å². The average molecular weight is 466 g/mol. The summed E-state index contributed by atoms with van der Waals surface area (Å²) >= 11 is 0. The Morgan fingerprint density at radius 1 is 1.15 bits per heavy atom. The average Bonchev–Trinajstić information content (AvgIpc) is 3.53. The third-order valence-electron chi connectivity index (χ3n) is 5.96. The van der Waals surface area contributed by atoms with Gasteiger partial charge in [-0.3, -0.25) is 9.59 Å². The largest absolute Gasteiger partial charge is 0.479 e. The van der Waals surface area contributed by atoms with Gasteiger partial charge in [0.05, 0.1) is 18.5 Å². The summed E-state index contributed by atoms with van der Waals surface area (Å²) in [6.45, 7) is 0.981. The Hall–Kier alpha value is -3.89. The topological polar surface area (TPSA) is 111 Å². The summed E-state index contributed by atoms with van der Waals surface area (Å²) in [5.74, 6) is 1.25. The van der Waals surface area contributed by atoms with Crippen molar-refractivity contribution in [3.05, 3.63) is 47.1 Å². The zero-order valence-corrected chi connectivity index (χ0v) is 19.1. The molecule has 0 N–H and O–H groups in total. The van der Waals surface area contributed by atoms with Crippen LogP contribution in [0.25, 0.3) is 5.65 Å². The van der Waals surface area contributed by atoms with Crippen molar-refractivity contribution in [2.24, 2.45) is 5.92 Å². The Kier molecular flexibility index (Phi) is 5.68. The number of amides is 2. The second kappa shape index (κ2) is 8.81. The minimum absolute atomic E-state index is 0.153. The molecule has 0 spiro atoms. The summed E-state index contributed by atoms with van der Waals surface area (Å²) in [7, 11) is 3.23. The quantitative estimate of drug-likeness (QED) is 0.486. The third-order valence-corrected chi connectivity index (χ3v) is 5.96. The first-order chi connectivity index (χ1) is 16.4. The van der Waals surface area contributed by atoms with Crippen LogP contribution in [-0.4, -0.2) is 69.2 Å². The van der Waals surface area contributed by atoms with Gasteiger partial charge in [0.25, 0.3) is 5.91 Å². The van der Waals surface area contributed by atoms with Crippen LogP contribution in [0.4, 0.5) is 5.69 Å². The molecule has 1 saturated carbocycles. The van der Waals surface area contributed by atoms with Crippen LogP contribution < -0.4 is 20.1 Å². The van der Waals surface area contributed by atoms with Gasteiger partial charge >= 0.3 is 5.69 Å². The van der Waals surface area contributed by atoms with Gasteiger partial charge in [-0.1, -0.05) is 0 Å². The number of anilines is 1. The van der Waals surface area contributed by atoms with Gasteiger partial charge in [0.15, 0.2) is 11.8 Å². The number of likely N-dealkylation sites (N-methyl/N-ethyl adjacent to an activating group) is 1. The third kappa shape index (κ3) is 4.45. The van der Waals surface area contributed by atoms with Crippen molar-refractivity contribution in [1.29, 1.82) is 0 Å². The van der Waals surface area contributed by atoms with Crippen molar-refractivity contribution >= 4 is 23.1 Å². The standard InChI is InChI=1S/C23H26N6O5/c1-26(2)21(30)13-29-23(32)28-12-16(5-7-19(28)25-29)27-10-9-18(22(27)31)34-17-6-8-20(24-11-17)33-14-15-3-4-15/h5-8,11-12,15,18H,3-4,9-10,13-14H2,1-2H3. The summed E-state index contributed by atoms with van der Waals surface area (Å²) in [6, 6.07) is 6.88. The van der Waals surface area contributed by atoms with E-state index in [9.17, 15) is 14.4 Å². The monoisotopic (exact) mass is 466 g/mol. The summed E-state index contributed by atoms with van der Waals surface area (Å²) in [4.78, 5) is 44.9. The van der Waals surface area contributed by atoms with Crippen LogP contribution in [0.15, 0.2) is 41.5 Å². The summed E-state index contributed by atoms with van der Waals surface area (Å²) < 4.78 is 14.0. The Bertz CT molecular complexity index is 1280. The minimum Gasteiger partial charge on any atom is -0.479 e. The fraction of sp³-hybridized carbons (Fsp3) is 0.435. The molecule has 1 saturated heterocycles. The number of carbonyl (C=O) groups is 2. The maximum Gasteiger partial charge on any atom is 0.350 e. The van der Waals surface area contributed by atoms with Crippen LogP contribution in [0.2, 0.25) is 0 Å². The van der Waals surface area contributed by atoms with Crippen molar-refractivity contribution in [3.8, 4) is 11.6 Å². The maximum atomic E-state index is 13.0. The van der Waals surface area contributed by atoms with E-state index < -0.39 is 11.8 Å². The van der Waals surface area contributed by atoms with Gasteiger partial charge in [-0.25, -0.2) is 18.9 Å². The minimum atomic E-state index is -0.645. The van der Waals surface area contributed by atoms with E-state index in [0.29, 0.717) is 48.5 Å². The first-order valence-corrected chi connectivity index (χ1v) is 11.3. The number of nitrogens with zero attached hydrogens (tertiary/aromatic N) is 6. The van der Waals surface area contributed by atoms with Crippen LogP contribution in [-0.2, 0) is 16.1 Å². The molecule has 34 heavy (non-hydrogen) atoms. The van der Waals surface area contributed by atoms with Gasteiger partial charge in [0.2, 0.25) is 11.8 Å². The zero-order valence-electron chi connectivity index (χ0n) is 19.1. The van der Waals surface area contributed by atoms with Crippen molar-refractivity contribution in [2.45, 2.75) is 31.9 Å². The van der Waals surface area contributed by atoms with Crippen LogP contribution in [0.3, 0.4) is 0 Å². The lowest BCUT2D eigenvalue weighted by molar-refractivity contribution is -0.129. The second-order valence-corrected chi connectivity index (χ2v) is 8.82. The Balaban J connectivity index is 1.26. The molecule has 4 heterocycles. The lowest BCUT2D eigenvalue weighted by atomic mass is 10.3. The summed E-state index contributed by atoms with van der Waals surface area (Å²) in [5.41, 5.74) is 0.516. The zero-order chi connectivity index (χ0) is 23.8. The normalized spacial score (nSPS) is 17.9. The molecule has 5 rings (SSSR count). The van der Waals surface area contributed by atoms with Gasteiger partial charge in [0.1, 0.15) is 12.3 Å². The van der Waals surface area contributed by atoms with E-state index in [1.54, 1.807) is 55.7 Å².